The SMILES string of the molecule is Cl.NCCC[C@H](N)c1cccc(F)c1Br. The maximum absolute atomic E-state index is 13.1. The first-order valence-corrected chi connectivity index (χ1v) is 5.35. The zero-order valence-corrected chi connectivity index (χ0v) is 10.7. The van der Waals surface area contributed by atoms with Crippen LogP contribution in [0.5, 0.6) is 0 Å². The molecule has 86 valence electrons. The molecule has 1 atom stereocenters. The molecule has 0 bridgehead atoms. The van der Waals surface area contributed by atoms with Crippen LogP contribution >= 0.6 is 28.3 Å². The van der Waals surface area contributed by atoms with E-state index in [9.17, 15) is 4.39 Å². The van der Waals surface area contributed by atoms with Crippen LogP contribution in [0.1, 0.15) is 24.4 Å². The summed E-state index contributed by atoms with van der Waals surface area (Å²) in [5.41, 5.74) is 12.1. The van der Waals surface area contributed by atoms with E-state index in [2.05, 4.69) is 15.9 Å². The fraction of sp³-hybridized carbons (Fsp3) is 0.400. The van der Waals surface area contributed by atoms with Crippen LogP contribution in [0.4, 0.5) is 4.39 Å². The lowest BCUT2D eigenvalue weighted by Gasteiger charge is -2.13. The van der Waals surface area contributed by atoms with Crippen LogP contribution in [0.25, 0.3) is 0 Å². The molecule has 0 aliphatic carbocycles. The van der Waals surface area contributed by atoms with Crippen molar-refractivity contribution in [3.63, 3.8) is 0 Å². The molecular formula is C10H15BrClFN2. The van der Waals surface area contributed by atoms with E-state index < -0.39 is 0 Å². The van der Waals surface area contributed by atoms with Crippen molar-refractivity contribution in [1.82, 2.24) is 0 Å². The van der Waals surface area contributed by atoms with Crippen LogP contribution in [0, 0.1) is 5.82 Å². The highest BCUT2D eigenvalue weighted by atomic mass is 79.9. The Bertz CT molecular complexity index is 309. The van der Waals surface area contributed by atoms with Crippen LogP contribution in [0.15, 0.2) is 22.7 Å². The highest BCUT2D eigenvalue weighted by Gasteiger charge is 2.11. The third-order valence-electron chi connectivity index (χ3n) is 2.10. The van der Waals surface area contributed by atoms with Crippen molar-refractivity contribution in [3.05, 3.63) is 34.1 Å². The molecule has 0 radical (unpaired) electrons. The van der Waals surface area contributed by atoms with E-state index >= 15 is 0 Å². The Morgan fingerprint density at radius 3 is 2.67 bits per heavy atom. The molecular weight excluding hydrogens is 282 g/mol. The fourth-order valence-electron chi connectivity index (χ4n) is 1.30. The maximum atomic E-state index is 13.1. The average Bonchev–Trinajstić information content (AvgIpc) is 2.18. The van der Waals surface area contributed by atoms with Crippen LogP contribution in [0.3, 0.4) is 0 Å². The number of nitrogens with two attached hydrogens (primary N) is 2. The predicted molar refractivity (Wildman–Crippen MR) is 66.6 cm³/mol. The molecule has 0 saturated carbocycles. The molecule has 0 fully saturated rings. The minimum atomic E-state index is -0.273. The molecule has 15 heavy (non-hydrogen) atoms. The summed E-state index contributed by atoms with van der Waals surface area (Å²) < 4.78 is 13.6. The summed E-state index contributed by atoms with van der Waals surface area (Å²) in [6.07, 6.45) is 1.63. The summed E-state index contributed by atoms with van der Waals surface area (Å²) in [4.78, 5) is 0. The Labute approximate surface area is 104 Å². The van der Waals surface area contributed by atoms with Gasteiger partial charge in [-0.05, 0) is 46.9 Å². The number of rotatable bonds is 4. The fourth-order valence-corrected chi connectivity index (χ4v) is 1.86. The van der Waals surface area contributed by atoms with E-state index in [4.69, 9.17) is 11.5 Å². The van der Waals surface area contributed by atoms with Crippen molar-refractivity contribution < 1.29 is 4.39 Å². The topological polar surface area (TPSA) is 52.0 Å². The summed E-state index contributed by atoms with van der Waals surface area (Å²) in [6, 6.07) is 4.75. The Morgan fingerprint density at radius 2 is 2.07 bits per heavy atom. The third kappa shape index (κ3) is 4.07. The smallest absolute Gasteiger partial charge is 0.137 e. The van der Waals surface area contributed by atoms with E-state index in [-0.39, 0.29) is 24.3 Å². The molecule has 0 aliphatic rings. The highest BCUT2D eigenvalue weighted by molar-refractivity contribution is 9.10. The molecule has 0 spiro atoms. The highest BCUT2D eigenvalue weighted by Crippen LogP contribution is 2.26. The second-order valence-corrected chi connectivity index (χ2v) is 3.97. The molecule has 1 rings (SSSR count). The predicted octanol–water partition coefficient (Wildman–Crippen LogP) is 2.75. The molecule has 0 heterocycles. The molecule has 5 heteroatoms. The van der Waals surface area contributed by atoms with Gasteiger partial charge in [0.25, 0.3) is 0 Å². The standard InChI is InChI=1S/C10H14BrFN2.ClH/c11-10-7(3-1-4-8(10)12)9(14)5-2-6-13;/h1,3-4,9H,2,5-6,13-14H2;1H/t9-;/m0./s1. The normalized spacial score (nSPS) is 12.0. The van der Waals surface area contributed by atoms with Gasteiger partial charge in [0.15, 0.2) is 0 Å². The van der Waals surface area contributed by atoms with Gasteiger partial charge in [0.2, 0.25) is 0 Å². The second-order valence-electron chi connectivity index (χ2n) is 3.18. The van der Waals surface area contributed by atoms with Crippen LogP contribution in [0.2, 0.25) is 0 Å². The minimum Gasteiger partial charge on any atom is -0.330 e. The van der Waals surface area contributed by atoms with Gasteiger partial charge in [-0.2, -0.15) is 0 Å². The van der Waals surface area contributed by atoms with Crippen LogP contribution < -0.4 is 11.5 Å². The maximum Gasteiger partial charge on any atom is 0.137 e. The number of benzene rings is 1. The van der Waals surface area contributed by atoms with Gasteiger partial charge in [-0.3, -0.25) is 0 Å². The van der Waals surface area contributed by atoms with Crippen molar-refractivity contribution in [1.29, 1.82) is 0 Å². The summed E-state index contributed by atoms with van der Waals surface area (Å²) in [5, 5.41) is 0. The molecule has 0 saturated heterocycles. The zero-order chi connectivity index (χ0) is 10.6. The van der Waals surface area contributed by atoms with Crippen molar-refractivity contribution >= 4 is 28.3 Å². The lowest BCUT2D eigenvalue weighted by atomic mass is 10.0. The summed E-state index contributed by atoms with van der Waals surface area (Å²) in [7, 11) is 0. The molecule has 0 amide bonds. The second kappa shape index (κ2) is 7.17. The Balaban J connectivity index is 0.00000196. The van der Waals surface area contributed by atoms with E-state index in [0.717, 1.165) is 18.4 Å². The first-order valence-electron chi connectivity index (χ1n) is 4.56. The lowest BCUT2D eigenvalue weighted by Crippen LogP contribution is -2.13. The van der Waals surface area contributed by atoms with Gasteiger partial charge < -0.3 is 11.5 Å². The van der Waals surface area contributed by atoms with Gasteiger partial charge in [0, 0.05) is 6.04 Å². The van der Waals surface area contributed by atoms with Gasteiger partial charge in [0.05, 0.1) is 4.47 Å². The van der Waals surface area contributed by atoms with E-state index in [0.29, 0.717) is 11.0 Å². The minimum absolute atomic E-state index is 0. The molecule has 0 aliphatic heterocycles. The lowest BCUT2D eigenvalue weighted by molar-refractivity contribution is 0.590. The van der Waals surface area contributed by atoms with Crippen molar-refractivity contribution in [2.75, 3.05) is 6.54 Å². The summed E-state index contributed by atoms with van der Waals surface area (Å²) in [5.74, 6) is -0.273. The van der Waals surface area contributed by atoms with Crippen molar-refractivity contribution in [3.8, 4) is 0 Å². The van der Waals surface area contributed by atoms with Gasteiger partial charge in [-0.25, -0.2) is 4.39 Å². The van der Waals surface area contributed by atoms with E-state index in [1.165, 1.54) is 6.07 Å². The largest absolute Gasteiger partial charge is 0.330 e. The summed E-state index contributed by atoms with van der Waals surface area (Å²) in [6.45, 7) is 0.612. The van der Waals surface area contributed by atoms with Crippen LogP contribution in [-0.4, -0.2) is 6.54 Å². The van der Waals surface area contributed by atoms with Crippen molar-refractivity contribution in [2.24, 2.45) is 11.5 Å². The van der Waals surface area contributed by atoms with Gasteiger partial charge in [-0.15, -0.1) is 12.4 Å². The Hall–Kier alpha value is -0.160. The number of hydrogen-bond donors (Lipinski definition) is 2. The molecule has 2 nitrogen and oxygen atoms in total. The quantitative estimate of drug-likeness (QED) is 0.898. The van der Waals surface area contributed by atoms with Crippen LogP contribution in [-0.2, 0) is 0 Å². The van der Waals surface area contributed by atoms with E-state index in [1.807, 2.05) is 6.07 Å². The zero-order valence-electron chi connectivity index (χ0n) is 8.25. The Morgan fingerprint density at radius 1 is 1.40 bits per heavy atom. The Kier molecular flexibility index (Phi) is 7.09. The summed E-state index contributed by atoms with van der Waals surface area (Å²) >= 11 is 3.19. The van der Waals surface area contributed by atoms with Gasteiger partial charge in [0.1, 0.15) is 5.82 Å². The van der Waals surface area contributed by atoms with Gasteiger partial charge in [-0.1, -0.05) is 12.1 Å². The average molecular weight is 298 g/mol. The van der Waals surface area contributed by atoms with E-state index in [1.54, 1.807) is 6.07 Å². The number of hydrogen-bond acceptors (Lipinski definition) is 2. The molecule has 0 unspecified atom stereocenters. The number of halogens is 3. The molecule has 1 aromatic rings. The van der Waals surface area contributed by atoms with Gasteiger partial charge >= 0.3 is 0 Å². The third-order valence-corrected chi connectivity index (χ3v) is 2.94. The molecule has 1 aromatic carbocycles. The first-order chi connectivity index (χ1) is 6.66. The monoisotopic (exact) mass is 296 g/mol. The first kappa shape index (κ1) is 14.8. The van der Waals surface area contributed by atoms with Crippen molar-refractivity contribution in [2.45, 2.75) is 18.9 Å². The molecule has 4 N–H and O–H groups in total. The molecule has 0 aromatic heterocycles.